The summed E-state index contributed by atoms with van der Waals surface area (Å²) in [6, 6.07) is 5.20. The molecule has 3 rings (SSSR count). The van der Waals surface area contributed by atoms with Gasteiger partial charge in [-0.1, -0.05) is 6.07 Å². The van der Waals surface area contributed by atoms with Crippen molar-refractivity contribution in [2.45, 2.75) is 18.6 Å². The number of rotatable bonds is 1. The molecule has 1 aliphatic heterocycles. The molecule has 1 aliphatic rings. The van der Waals surface area contributed by atoms with Crippen molar-refractivity contribution in [1.82, 2.24) is 0 Å². The lowest BCUT2D eigenvalue weighted by atomic mass is 9.92. The summed E-state index contributed by atoms with van der Waals surface area (Å²) in [6.45, 7) is 0. The Morgan fingerprint density at radius 3 is 2.57 bits per heavy atom. The van der Waals surface area contributed by atoms with Crippen molar-refractivity contribution < 1.29 is 23.0 Å². The third-order valence-corrected chi connectivity index (χ3v) is 3.54. The van der Waals surface area contributed by atoms with Crippen molar-refractivity contribution in [3.63, 3.8) is 0 Å². The highest BCUT2D eigenvalue weighted by molar-refractivity contribution is 5.46. The first-order valence-corrected chi connectivity index (χ1v) is 6.35. The first-order chi connectivity index (χ1) is 9.97. The van der Waals surface area contributed by atoms with Crippen molar-refractivity contribution in [2.24, 2.45) is 5.73 Å². The molecule has 2 aromatic carbocycles. The summed E-state index contributed by atoms with van der Waals surface area (Å²) >= 11 is 0. The van der Waals surface area contributed by atoms with Crippen molar-refractivity contribution in [1.29, 1.82) is 0 Å². The van der Waals surface area contributed by atoms with Gasteiger partial charge in [-0.15, -0.1) is 0 Å². The maximum Gasteiger partial charge on any atom is 0.161 e. The second-order valence-electron chi connectivity index (χ2n) is 4.95. The molecule has 0 amide bonds. The van der Waals surface area contributed by atoms with E-state index in [0.717, 1.165) is 6.07 Å². The van der Waals surface area contributed by atoms with Crippen LogP contribution in [0, 0.1) is 17.5 Å². The van der Waals surface area contributed by atoms with Crippen LogP contribution in [0.5, 0.6) is 11.5 Å². The highest BCUT2D eigenvalue weighted by Crippen LogP contribution is 2.39. The molecule has 2 atom stereocenters. The quantitative estimate of drug-likeness (QED) is 0.795. The maximum absolute atomic E-state index is 13.9. The number of aromatic hydroxyl groups is 1. The summed E-state index contributed by atoms with van der Waals surface area (Å²) < 4.78 is 45.7. The van der Waals surface area contributed by atoms with Crippen molar-refractivity contribution in [3.8, 4) is 11.5 Å². The number of phenolic OH excluding ortho intramolecular Hbond substituents is 1. The van der Waals surface area contributed by atoms with E-state index >= 15 is 0 Å². The zero-order valence-electron chi connectivity index (χ0n) is 10.8. The minimum absolute atomic E-state index is 0.0344. The molecule has 0 bridgehead atoms. The molecule has 0 spiro atoms. The number of fused-ring (bicyclic) bond motifs is 1. The van der Waals surface area contributed by atoms with Gasteiger partial charge in [0, 0.05) is 17.2 Å². The van der Waals surface area contributed by atoms with Gasteiger partial charge in [0.25, 0.3) is 0 Å². The Labute approximate surface area is 118 Å². The van der Waals surface area contributed by atoms with Crippen molar-refractivity contribution >= 4 is 0 Å². The highest BCUT2D eigenvalue weighted by Gasteiger charge is 2.32. The summed E-state index contributed by atoms with van der Waals surface area (Å²) in [4.78, 5) is 0. The van der Waals surface area contributed by atoms with Crippen LogP contribution in [-0.4, -0.2) is 11.1 Å². The van der Waals surface area contributed by atoms with E-state index in [1.165, 1.54) is 6.07 Å². The largest absolute Gasteiger partial charge is 0.508 e. The van der Waals surface area contributed by atoms with E-state index in [1.54, 1.807) is 12.1 Å². The van der Waals surface area contributed by atoms with Gasteiger partial charge in [0.15, 0.2) is 11.6 Å². The molecule has 0 radical (unpaired) electrons. The molecule has 0 aromatic heterocycles. The number of halogens is 3. The van der Waals surface area contributed by atoms with Crippen LogP contribution in [0.1, 0.15) is 17.2 Å². The molecule has 0 saturated heterocycles. The zero-order chi connectivity index (χ0) is 15.1. The van der Waals surface area contributed by atoms with E-state index in [1.807, 2.05) is 0 Å². The van der Waals surface area contributed by atoms with Gasteiger partial charge in [-0.05, 0) is 24.6 Å². The van der Waals surface area contributed by atoms with Crippen LogP contribution in [0.15, 0.2) is 30.3 Å². The molecule has 2 aromatic rings. The van der Waals surface area contributed by atoms with Gasteiger partial charge in [0.05, 0.1) is 6.04 Å². The van der Waals surface area contributed by atoms with E-state index in [-0.39, 0.29) is 17.7 Å². The van der Waals surface area contributed by atoms with Crippen LogP contribution in [0.2, 0.25) is 0 Å². The van der Waals surface area contributed by atoms with Gasteiger partial charge < -0.3 is 15.6 Å². The smallest absolute Gasteiger partial charge is 0.161 e. The van der Waals surface area contributed by atoms with Gasteiger partial charge in [0.1, 0.15) is 23.4 Å². The van der Waals surface area contributed by atoms with E-state index in [9.17, 15) is 18.3 Å². The number of benzene rings is 2. The molecular weight excluding hydrogens is 283 g/mol. The summed E-state index contributed by atoms with van der Waals surface area (Å²) in [7, 11) is 0. The molecule has 21 heavy (non-hydrogen) atoms. The molecule has 6 heteroatoms. The minimum atomic E-state index is -1.27. The van der Waals surface area contributed by atoms with Crippen molar-refractivity contribution in [2.75, 3.05) is 0 Å². The highest BCUT2D eigenvalue weighted by atomic mass is 19.2. The fourth-order valence-corrected chi connectivity index (χ4v) is 2.49. The lowest BCUT2D eigenvalue weighted by Crippen LogP contribution is -2.38. The average Bonchev–Trinajstić information content (AvgIpc) is 2.44. The molecule has 1 heterocycles. The Balaban J connectivity index is 2.03. The first-order valence-electron chi connectivity index (χ1n) is 6.35. The van der Waals surface area contributed by atoms with Crippen LogP contribution in [0.25, 0.3) is 0 Å². The fraction of sp³-hybridized carbons (Fsp3) is 0.200. The van der Waals surface area contributed by atoms with Crippen LogP contribution in [0.3, 0.4) is 0 Å². The predicted octanol–water partition coefficient (Wildman–Crippen LogP) is 2.81. The second kappa shape index (κ2) is 4.96. The number of ether oxygens (including phenoxy) is 1. The molecular formula is C15H12F3NO2. The monoisotopic (exact) mass is 295 g/mol. The maximum atomic E-state index is 13.9. The Kier molecular flexibility index (Phi) is 3.25. The summed E-state index contributed by atoms with van der Waals surface area (Å²) in [5.41, 5.74) is 6.31. The Morgan fingerprint density at radius 2 is 1.81 bits per heavy atom. The van der Waals surface area contributed by atoms with Gasteiger partial charge in [-0.25, -0.2) is 13.2 Å². The van der Waals surface area contributed by atoms with Gasteiger partial charge >= 0.3 is 0 Å². The molecule has 0 aliphatic carbocycles. The molecule has 0 fully saturated rings. The van der Waals surface area contributed by atoms with E-state index in [2.05, 4.69) is 0 Å². The lowest BCUT2D eigenvalue weighted by Gasteiger charge is -2.32. The molecule has 0 unspecified atom stereocenters. The van der Waals surface area contributed by atoms with E-state index in [4.69, 9.17) is 10.5 Å². The minimum Gasteiger partial charge on any atom is -0.508 e. The van der Waals surface area contributed by atoms with Gasteiger partial charge in [0.2, 0.25) is 0 Å². The Hall–Kier alpha value is -2.21. The second-order valence-corrected chi connectivity index (χ2v) is 4.95. The molecule has 110 valence electrons. The van der Waals surface area contributed by atoms with Crippen LogP contribution in [0.4, 0.5) is 13.2 Å². The average molecular weight is 295 g/mol. The standard InChI is InChI=1S/C15H12F3NO2/c16-9-6-11(18)10(17)4-7(9)15-12(19)5-8-13(20)2-1-3-14(8)21-15/h1-4,6,12,15,20H,5,19H2/t12-,15+/m1/s1. The molecule has 0 saturated carbocycles. The number of hydrogen-bond donors (Lipinski definition) is 2. The van der Waals surface area contributed by atoms with Crippen LogP contribution >= 0.6 is 0 Å². The molecule has 3 N–H and O–H groups in total. The SMILES string of the molecule is N[C@@H]1Cc2c(O)cccc2O[C@H]1c1cc(F)c(F)cc1F. The van der Waals surface area contributed by atoms with E-state index < -0.39 is 29.6 Å². The van der Waals surface area contributed by atoms with Crippen LogP contribution in [-0.2, 0) is 6.42 Å². The van der Waals surface area contributed by atoms with Gasteiger partial charge in [-0.2, -0.15) is 0 Å². The van der Waals surface area contributed by atoms with E-state index in [0.29, 0.717) is 17.4 Å². The predicted molar refractivity (Wildman–Crippen MR) is 69.5 cm³/mol. The third-order valence-electron chi connectivity index (χ3n) is 3.54. The lowest BCUT2D eigenvalue weighted by molar-refractivity contribution is 0.147. The van der Waals surface area contributed by atoms with Gasteiger partial charge in [-0.3, -0.25) is 0 Å². The van der Waals surface area contributed by atoms with Crippen LogP contribution < -0.4 is 10.5 Å². The third kappa shape index (κ3) is 2.31. The summed E-state index contributed by atoms with van der Waals surface area (Å²) in [6.07, 6.45) is -0.708. The Bertz CT molecular complexity index is 706. The fourth-order valence-electron chi connectivity index (χ4n) is 2.49. The topological polar surface area (TPSA) is 55.5 Å². The summed E-state index contributed by atoms with van der Waals surface area (Å²) in [5, 5.41) is 9.75. The van der Waals surface area contributed by atoms with Crippen molar-refractivity contribution in [3.05, 3.63) is 58.9 Å². The Morgan fingerprint density at radius 1 is 1.10 bits per heavy atom. The molecule has 3 nitrogen and oxygen atoms in total. The normalized spacial score (nSPS) is 20.8. The number of phenols is 1. The first kappa shape index (κ1) is 13.8. The number of nitrogens with two attached hydrogens (primary N) is 1. The summed E-state index contributed by atoms with van der Waals surface area (Å²) in [5.74, 6) is -2.96. The zero-order valence-corrected chi connectivity index (χ0v) is 10.8. The number of hydrogen-bond acceptors (Lipinski definition) is 3.